The lowest BCUT2D eigenvalue weighted by Crippen LogP contribution is -2.52. The summed E-state index contributed by atoms with van der Waals surface area (Å²) in [6.45, 7) is 0.981. The quantitative estimate of drug-likeness (QED) is 0.546. The number of benzene rings is 1. The molecule has 210 valence electrons. The molecule has 1 N–H and O–H groups in total. The number of hydrogen-bond donors (Lipinski definition) is 1. The van der Waals surface area contributed by atoms with Crippen LogP contribution in [0.5, 0.6) is 5.75 Å². The van der Waals surface area contributed by atoms with E-state index in [1.54, 1.807) is 21.9 Å². The van der Waals surface area contributed by atoms with Gasteiger partial charge in [0.1, 0.15) is 29.8 Å². The summed E-state index contributed by atoms with van der Waals surface area (Å²) < 4.78 is 34.2. The maximum atomic E-state index is 13.8. The van der Waals surface area contributed by atoms with Gasteiger partial charge in [0.15, 0.2) is 0 Å². The minimum Gasteiger partial charge on any atom is -0.487 e. The zero-order chi connectivity index (χ0) is 27.8. The van der Waals surface area contributed by atoms with Crippen molar-refractivity contribution in [2.24, 2.45) is 7.05 Å². The molecule has 1 aromatic heterocycles. The number of nitrogens with zero attached hydrogens (tertiary/aromatic N) is 6. The number of hydrogen-bond acceptors (Lipinski definition) is 6. The third-order valence-corrected chi connectivity index (χ3v) is 8.07. The fourth-order valence-electron chi connectivity index (χ4n) is 5.83. The molecule has 0 aliphatic carbocycles. The Labute approximate surface area is 228 Å². The SMILES string of the molecule is Cn1nnc(COc2ccc(Cl)c3c2[C@@H](CN2CCCC2=O)N(C(=O)C2CCCN2C(=O)O)CC3)c1C(F)F. The predicted molar refractivity (Wildman–Crippen MR) is 133 cm³/mol. The first-order valence-corrected chi connectivity index (χ1v) is 13.2. The summed E-state index contributed by atoms with van der Waals surface area (Å²) in [6, 6.07) is 1.78. The Morgan fingerprint density at radius 2 is 1.97 bits per heavy atom. The van der Waals surface area contributed by atoms with Crippen molar-refractivity contribution in [1.29, 1.82) is 0 Å². The predicted octanol–water partition coefficient (Wildman–Crippen LogP) is 3.18. The maximum absolute atomic E-state index is 13.8. The largest absolute Gasteiger partial charge is 0.487 e. The lowest BCUT2D eigenvalue weighted by atomic mass is 9.90. The fourth-order valence-corrected chi connectivity index (χ4v) is 6.09. The van der Waals surface area contributed by atoms with E-state index in [1.165, 1.54) is 7.05 Å². The highest BCUT2D eigenvalue weighted by atomic mass is 35.5. The van der Waals surface area contributed by atoms with Gasteiger partial charge in [-0.1, -0.05) is 16.8 Å². The molecule has 5 rings (SSSR count). The number of carboxylic acid groups (broad SMARTS) is 1. The maximum Gasteiger partial charge on any atom is 0.407 e. The van der Waals surface area contributed by atoms with E-state index >= 15 is 0 Å². The van der Waals surface area contributed by atoms with Crippen LogP contribution < -0.4 is 4.74 Å². The van der Waals surface area contributed by atoms with Crippen molar-refractivity contribution in [3.05, 3.63) is 39.7 Å². The normalized spacial score (nSPS) is 21.2. The number of carbonyl (C=O) groups is 3. The lowest BCUT2D eigenvalue weighted by molar-refractivity contribution is -0.140. The number of carbonyl (C=O) groups excluding carboxylic acids is 2. The average Bonchev–Trinajstić information content (AvgIpc) is 3.64. The molecule has 0 saturated carbocycles. The van der Waals surface area contributed by atoms with Gasteiger partial charge in [-0.25, -0.2) is 18.3 Å². The highest BCUT2D eigenvalue weighted by Gasteiger charge is 2.43. The minimum atomic E-state index is -2.80. The van der Waals surface area contributed by atoms with Crippen molar-refractivity contribution in [2.75, 3.05) is 26.2 Å². The van der Waals surface area contributed by atoms with Crippen LogP contribution in [0.1, 0.15) is 60.7 Å². The van der Waals surface area contributed by atoms with Crippen molar-refractivity contribution in [1.82, 2.24) is 29.7 Å². The molecular formula is C25H29ClF2N6O5. The molecule has 3 aliphatic heterocycles. The molecular weight excluding hydrogens is 538 g/mol. The van der Waals surface area contributed by atoms with Crippen LogP contribution >= 0.6 is 11.6 Å². The summed E-state index contributed by atoms with van der Waals surface area (Å²) in [5.41, 5.74) is 0.951. The minimum absolute atomic E-state index is 0.0192. The lowest BCUT2D eigenvalue weighted by Gasteiger charge is -2.42. The zero-order valence-electron chi connectivity index (χ0n) is 21.4. The fraction of sp³-hybridized carbons (Fsp3) is 0.560. The second kappa shape index (κ2) is 10.9. The molecule has 0 spiro atoms. The van der Waals surface area contributed by atoms with E-state index in [0.717, 1.165) is 15.1 Å². The highest BCUT2D eigenvalue weighted by molar-refractivity contribution is 6.31. The van der Waals surface area contributed by atoms with E-state index in [0.29, 0.717) is 55.0 Å². The first-order valence-electron chi connectivity index (χ1n) is 12.9. The number of alkyl halides is 2. The summed E-state index contributed by atoms with van der Waals surface area (Å²) in [5.74, 6) is -0.0406. The molecule has 4 heterocycles. The van der Waals surface area contributed by atoms with E-state index < -0.39 is 24.6 Å². The van der Waals surface area contributed by atoms with Gasteiger partial charge in [-0.3, -0.25) is 14.5 Å². The van der Waals surface area contributed by atoms with Gasteiger partial charge in [0.25, 0.3) is 6.43 Å². The monoisotopic (exact) mass is 566 g/mol. The van der Waals surface area contributed by atoms with E-state index in [2.05, 4.69) is 10.3 Å². The third-order valence-electron chi connectivity index (χ3n) is 7.72. The van der Waals surface area contributed by atoms with Crippen LogP contribution in [0.4, 0.5) is 13.6 Å². The smallest absolute Gasteiger partial charge is 0.407 e. The number of halogens is 3. The van der Waals surface area contributed by atoms with Gasteiger partial charge in [0, 0.05) is 50.2 Å². The van der Waals surface area contributed by atoms with Crippen molar-refractivity contribution < 1.29 is 33.0 Å². The third kappa shape index (κ3) is 5.11. The van der Waals surface area contributed by atoms with Gasteiger partial charge in [-0.2, -0.15) is 0 Å². The summed E-state index contributed by atoms with van der Waals surface area (Å²) >= 11 is 6.58. The first kappa shape index (κ1) is 27.1. The van der Waals surface area contributed by atoms with Gasteiger partial charge in [0.05, 0.1) is 6.04 Å². The number of amides is 3. The van der Waals surface area contributed by atoms with Crippen LogP contribution in [0.25, 0.3) is 0 Å². The average molecular weight is 567 g/mol. The van der Waals surface area contributed by atoms with Crippen molar-refractivity contribution in [2.45, 2.75) is 57.2 Å². The zero-order valence-corrected chi connectivity index (χ0v) is 22.1. The summed E-state index contributed by atoms with van der Waals surface area (Å²) in [4.78, 5) is 42.7. The van der Waals surface area contributed by atoms with Gasteiger partial charge >= 0.3 is 6.09 Å². The van der Waals surface area contributed by atoms with Crippen LogP contribution in [-0.2, 0) is 29.7 Å². The molecule has 3 aliphatic rings. The number of likely N-dealkylation sites (tertiary alicyclic amines) is 2. The molecule has 2 atom stereocenters. The number of rotatable bonds is 7. The molecule has 2 aromatic rings. The van der Waals surface area contributed by atoms with E-state index in [4.69, 9.17) is 16.3 Å². The van der Waals surface area contributed by atoms with Crippen LogP contribution in [0.15, 0.2) is 12.1 Å². The van der Waals surface area contributed by atoms with Crippen LogP contribution in [0.2, 0.25) is 5.02 Å². The number of aryl methyl sites for hydroxylation is 1. The van der Waals surface area contributed by atoms with Gasteiger partial charge in [0.2, 0.25) is 11.8 Å². The van der Waals surface area contributed by atoms with Gasteiger partial charge < -0.3 is 19.6 Å². The standard InChI is InChI=1S/C25H29ClF2N6O5/c1-31-22(23(27)28)16(29-30-31)13-39-19-7-6-15(26)14-8-11-33(24(36)17-4-2-10-34(17)25(37)38)18(21(14)19)12-32-9-3-5-20(32)35/h6-7,17-18,23H,2-5,8-13H2,1H3,(H,37,38)/t17?,18-/m1/s1. The Morgan fingerprint density at radius 1 is 1.18 bits per heavy atom. The van der Waals surface area contributed by atoms with Gasteiger partial charge in [-0.05, 0) is 43.4 Å². The van der Waals surface area contributed by atoms with E-state index in [1.807, 2.05) is 0 Å². The topological polar surface area (TPSA) is 121 Å². The summed E-state index contributed by atoms with van der Waals surface area (Å²) in [6.07, 6.45) is -1.48. The Balaban J connectivity index is 1.51. The van der Waals surface area contributed by atoms with E-state index in [9.17, 15) is 28.3 Å². The first-order chi connectivity index (χ1) is 18.7. The Bertz CT molecular complexity index is 1290. The second-order valence-corrected chi connectivity index (χ2v) is 10.4. The second-order valence-electron chi connectivity index (χ2n) is 9.95. The molecule has 11 nitrogen and oxygen atoms in total. The molecule has 1 aromatic carbocycles. The van der Waals surface area contributed by atoms with Crippen LogP contribution in [0, 0.1) is 0 Å². The van der Waals surface area contributed by atoms with Gasteiger partial charge in [-0.15, -0.1) is 5.10 Å². The summed E-state index contributed by atoms with van der Waals surface area (Å²) in [5, 5.41) is 17.6. The molecule has 0 radical (unpaired) electrons. The molecule has 2 saturated heterocycles. The molecule has 14 heteroatoms. The number of fused-ring (bicyclic) bond motifs is 1. The van der Waals surface area contributed by atoms with Crippen molar-refractivity contribution in [3.63, 3.8) is 0 Å². The Hall–Kier alpha value is -3.48. The molecule has 0 bridgehead atoms. The molecule has 1 unspecified atom stereocenters. The Morgan fingerprint density at radius 3 is 2.67 bits per heavy atom. The molecule has 2 fully saturated rings. The Kier molecular flexibility index (Phi) is 7.61. The van der Waals surface area contributed by atoms with E-state index in [-0.39, 0.29) is 49.4 Å². The molecule has 39 heavy (non-hydrogen) atoms. The van der Waals surface area contributed by atoms with Crippen LogP contribution in [0.3, 0.4) is 0 Å². The van der Waals surface area contributed by atoms with Crippen molar-refractivity contribution in [3.8, 4) is 5.75 Å². The van der Waals surface area contributed by atoms with Crippen LogP contribution in [-0.4, -0.2) is 84.9 Å². The number of ether oxygens (including phenoxy) is 1. The summed E-state index contributed by atoms with van der Waals surface area (Å²) in [7, 11) is 1.37. The number of aromatic nitrogens is 3. The van der Waals surface area contributed by atoms with Crippen molar-refractivity contribution >= 4 is 29.5 Å². The molecule has 3 amide bonds. The highest BCUT2D eigenvalue weighted by Crippen LogP contribution is 2.42.